The third-order valence-corrected chi connectivity index (χ3v) is 4.30. The summed E-state index contributed by atoms with van der Waals surface area (Å²) in [5, 5.41) is 0. The van der Waals surface area contributed by atoms with E-state index in [1.54, 1.807) is 6.92 Å². The van der Waals surface area contributed by atoms with Gasteiger partial charge in [-0.2, -0.15) is 17.6 Å². The van der Waals surface area contributed by atoms with Crippen molar-refractivity contribution in [1.82, 2.24) is 0 Å². The van der Waals surface area contributed by atoms with E-state index in [2.05, 4.69) is 0 Å². The summed E-state index contributed by atoms with van der Waals surface area (Å²) in [4.78, 5) is 12.1. The number of benzene rings is 1. The van der Waals surface area contributed by atoms with E-state index in [1.807, 2.05) is 0 Å². The first-order valence-corrected chi connectivity index (χ1v) is 7.45. The molecule has 0 bridgehead atoms. The minimum absolute atomic E-state index is 0.0215. The number of methoxy groups -OCH3 is 1. The molecule has 1 fully saturated rings. The first-order valence-electron chi connectivity index (χ1n) is 7.45. The van der Waals surface area contributed by atoms with Crippen LogP contribution in [-0.4, -0.2) is 25.9 Å². The third-order valence-electron chi connectivity index (χ3n) is 4.30. The summed E-state index contributed by atoms with van der Waals surface area (Å²) >= 11 is 0. The zero-order chi connectivity index (χ0) is 18.1. The summed E-state index contributed by atoms with van der Waals surface area (Å²) in [5.74, 6) is -7.47. The lowest BCUT2D eigenvalue weighted by Gasteiger charge is -2.21. The van der Waals surface area contributed by atoms with E-state index in [4.69, 9.17) is 9.47 Å². The van der Waals surface area contributed by atoms with E-state index in [0.717, 1.165) is 19.2 Å². The number of hydrogen-bond acceptors (Lipinski definition) is 3. The maximum atomic E-state index is 13.9. The molecule has 0 N–H and O–H groups in total. The second-order valence-electron chi connectivity index (χ2n) is 5.66. The van der Waals surface area contributed by atoms with Gasteiger partial charge in [0.25, 0.3) is 0 Å². The second kappa shape index (κ2) is 6.94. The smallest absolute Gasteiger partial charge is 0.391 e. The van der Waals surface area contributed by atoms with E-state index in [9.17, 15) is 26.7 Å². The van der Waals surface area contributed by atoms with Gasteiger partial charge in [0.05, 0.1) is 25.6 Å². The molecule has 24 heavy (non-hydrogen) atoms. The molecule has 0 amide bonds. The highest BCUT2D eigenvalue weighted by molar-refractivity contribution is 5.74. The van der Waals surface area contributed by atoms with Crippen LogP contribution in [0.1, 0.15) is 31.2 Å². The Kier molecular flexibility index (Phi) is 5.35. The van der Waals surface area contributed by atoms with E-state index in [1.165, 1.54) is 0 Å². The van der Waals surface area contributed by atoms with Crippen molar-refractivity contribution in [2.24, 2.45) is 11.8 Å². The van der Waals surface area contributed by atoms with Crippen LogP contribution in [0, 0.1) is 23.5 Å². The Labute approximate surface area is 135 Å². The summed E-state index contributed by atoms with van der Waals surface area (Å²) in [6, 6.07) is 1.98. The molecule has 3 atom stereocenters. The summed E-state index contributed by atoms with van der Waals surface area (Å²) in [6.07, 6.45) is -5.34. The zero-order valence-electron chi connectivity index (χ0n) is 13.1. The molecule has 0 spiro atoms. The van der Waals surface area contributed by atoms with Gasteiger partial charge in [-0.05, 0) is 25.8 Å². The Hall–Kier alpha value is -1.86. The standard InChI is InChI=1S/C16H17F5O3/c1-3-24-15(22)11-7-8(16(19,20)21)6-10(11)9-4-5-12(17)13(18)14(9)23-2/h4-5,8,10-11H,3,6-7H2,1-2H3. The Morgan fingerprint density at radius 1 is 1.25 bits per heavy atom. The van der Waals surface area contributed by atoms with E-state index >= 15 is 0 Å². The molecule has 0 heterocycles. The van der Waals surface area contributed by atoms with Crippen LogP contribution in [0.3, 0.4) is 0 Å². The zero-order valence-corrected chi connectivity index (χ0v) is 13.1. The lowest BCUT2D eigenvalue weighted by molar-refractivity contribution is -0.174. The van der Waals surface area contributed by atoms with Crippen LogP contribution >= 0.6 is 0 Å². The number of hydrogen-bond donors (Lipinski definition) is 0. The number of halogens is 5. The molecule has 0 aliphatic heterocycles. The summed E-state index contributed by atoms with van der Waals surface area (Å²) in [5.41, 5.74) is 0.0428. The Morgan fingerprint density at radius 2 is 1.92 bits per heavy atom. The van der Waals surface area contributed by atoms with Crippen LogP contribution in [-0.2, 0) is 9.53 Å². The van der Waals surface area contributed by atoms with Gasteiger partial charge in [-0.1, -0.05) is 6.07 Å². The molecule has 8 heteroatoms. The quantitative estimate of drug-likeness (QED) is 0.602. The highest BCUT2D eigenvalue weighted by Gasteiger charge is 2.51. The summed E-state index contributed by atoms with van der Waals surface area (Å²) in [7, 11) is 1.09. The predicted molar refractivity (Wildman–Crippen MR) is 74.6 cm³/mol. The normalized spacial score (nSPS) is 24.0. The molecule has 3 nitrogen and oxygen atoms in total. The van der Waals surface area contributed by atoms with Crippen molar-refractivity contribution in [2.45, 2.75) is 31.9 Å². The lowest BCUT2D eigenvalue weighted by atomic mass is 9.88. The van der Waals surface area contributed by atoms with Crippen LogP contribution < -0.4 is 4.74 Å². The van der Waals surface area contributed by atoms with Crippen LogP contribution in [0.15, 0.2) is 12.1 Å². The van der Waals surface area contributed by atoms with Gasteiger partial charge in [-0.25, -0.2) is 4.39 Å². The molecule has 134 valence electrons. The van der Waals surface area contributed by atoms with Gasteiger partial charge in [-0.3, -0.25) is 4.79 Å². The van der Waals surface area contributed by atoms with Crippen molar-refractivity contribution in [3.05, 3.63) is 29.3 Å². The molecule has 1 aliphatic rings. The van der Waals surface area contributed by atoms with Crippen molar-refractivity contribution in [3.63, 3.8) is 0 Å². The number of alkyl halides is 3. The Morgan fingerprint density at radius 3 is 2.46 bits per heavy atom. The fourth-order valence-corrected chi connectivity index (χ4v) is 3.20. The molecule has 1 saturated carbocycles. The molecule has 0 radical (unpaired) electrons. The molecule has 0 aromatic heterocycles. The minimum Gasteiger partial charge on any atom is -0.493 e. The van der Waals surface area contributed by atoms with Crippen LogP contribution in [0.4, 0.5) is 22.0 Å². The Balaban J connectivity index is 2.45. The van der Waals surface area contributed by atoms with Crippen LogP contribution in [0.25, 0.3) is 0 Å². The molecule has 2 rings (SSSR count). The second-order valence-corrected chi connectivity index (χ2v) is 5.66. The number of rotatable bonds is 4. The molecule has 1 aromatic rings. The van der Waals surface area contributed by atoms with Gasteiger partial charge in [0.15, 0.2) is 11.6 Å². The predicted octanol–water partition coefficient (Wildman–Crippen LogP) is 4.21. The Bertz CT molecular complexity index is 614. The van der Waals surface area contributed by atoms with Crippen molar-refractivity contribution < 1.29 is 36.2 Å². The highest BCUT2D eigenvalue weighted by atomic mass is 19.4. The van der Waals surface area contributed by atoms with Gasteiger partial charge in [-0.15, -0.1) is 0 Å². The van der Waals surface area contributed by atoms with Gasteiger partial charge < -0.3 is 9.47 Å². The maximum absolute atomic E-state index is 13.9. The maximum Gasteiger partial charge on any atom is 0.391 e. The average Bonchev–Trinajstić information content (AvgIpc) is 2.95. The molecule has 3 unspecified atom stereocenters. The van der Waals surface area contributed by atoms with Gasteiger partial charge in [0.2, 0.25) is 5.82 Å². The van der Waals surface area contributed by atoms with Crippen LogP contribution in [0.5, 0.6) is 5.75 Å². The third kappa shape index (κ3) is 3.47. The molecular formula is C16H17F5O3. The molecule has 1 aromatic carbocycles. The largest absolute Gasteiger partial charge is 0.493 e. The molecule has 0 saturated heterocycles. The van der Waals surface area contributed by atoms with Crippen molar-refractivity contribution in [1.29, 1.82) is 0 Å². The van der Waals surface area contributed by atoms with E-state index in [-0.39, 0.29) is 12.2 Å². The average molecular weight is 352 g/mol. The molecular weight excluding hydrogens is 335 g/mol. The van der Waals surface area contributed by atoms with Crippen molar-refractivity contribution in [3.8, 4) is 5.75 Å². The summed E-state index contributed by atoms with van der Waals surface area (Å²) < 4.78 is 76.2. The number of ether oxygens (including phenoxy) is 2. The fourth-order valence-electron chi connectivity index (χ4n) is 3.20. The SMILES string of the molecule is CCOC(=O)C1CC(C(F)(F)F)CC1c1ccc(F)c(F)c1OC. The van der Waals surface area contributed by atoms with E-state index < -0.39 is 60.1 Å². The first kappa shape index (κ1) is 18.5. The number of carbonyl (C=O) groups excluding carboxylic acids is 1. The highest BCUT2D eigenvalue weighted by Crippen LogP contribution is 2.51. The molecule has 1 aliphatic carbocycles. The van der Waals surface area contributed by atoms with Gasteiger partial charge in [0, 0.05) is 11.5 Å². The van der Waals surface area contributed by atoms with E-state index in [0.29, 0.717) is 0 Å². The fraction of sp³-hybridized carbons (Fsp3) is 0.562. The van der Waals surface area contributed by atoms with Gasteiger partial charge in [0.1, 0.15) is 0 Å². The topological polar surface area (TPSA) is 35.5 Å². The lowest BCUT2D eigenvalue weighted by Crippen LogP contribution is -2.22. The van der Waals surface area contributed by atoms with Crippen molar-refractivity contribution >= 4 is 5.97 Å². The number of carbonyl (C=O) groups is 1. The van der Waals surface area contributed by atoms with Crippen LogP contribution in [0.2, 0.25) is 0 Å². The summed E-state index contributed by atoms with van der Waals surface area (Å²) in [6.45, 7) is 1.56. The number of esters is 1. The first-order chi connectivity index (χ1) is 11.2. The minimum atomic E-state index is -4.48. The van der Waals surface area contributed by atoms with Gasteiger partial charge >= 0.3 is 12.1 Å². The monoisotopic (exact) mass is 352 g/mol. The van der Waals surface area contributed by atoms with Crippen molar-refractivity contribution in [2.75, 3.05) is 13.7 Å².